The molecule has 0 spiro atoms. The summed E-state index contributed by atoms with van der Waals surface area (Å²) >= 11 is 3.24. The van der Waals surface area contributed by atoms with Crippen LogP contribution in [0, 0.1) is 21.4 Å². The summed E-state index contributed by atoms with van der Waals surface area (Å²) in [5, 5.41) is 20.1. The minimum absolute atomic E-state index is 0.0263. The normalized spacial score (nSPS) is 9.93. The van der Waals surface area contributed by atoms with Gasteiger partial charge in [-0.15, -0.1) is 0 Å². The van der Waals surface area contributed by atoms with Gasteiger partial charge in [0.25, 0.3) is 0 Å². The molecule has 80 valence electrons. The Kier molecular flexibility index (Phi) is 3.80. The molecule has 0 aliphatic rings. The Morgan fingerprint density at radius 2 is 2.40 bits per heavy atom. The first-order chi connectivity index (χ1) is 7.15. The molecule has 15 heavy (non-hydrogen) atoms. The number of alkyl halides is 1. The van der Waals surface area contributed by atoms with Crippen molar-refractivity contribution in [2.24, 2.45) is 0 Å². The molecule has 0 N–H and O–H groups in total. The highest BCUT2D eigenvalue weighted by Crippen LogP contribution is 2.19. The van der Waals surface area contributed by atoms with Crippen LogP contribution < -0.4 is 0 Å². The van der Waals surface area contributed by atoms with Crippen LogP contribution in [0.25, 0.3) is 0 Å². The first-order valence-corrected chi connectivity index (χ1v) is 5.47. The first kappa shape index (κ1) is 11.7. The average Bonchev–Trinajstić information content (AvgIpc) is 2.56. The highest BCUT2D eigenvalue weighted by Gasteiger charge is 2.25. The molecule has 1 aromatic rings. The number of aryl methyl sites for hydroxylation is 1. The second-order valence-electron chi connectivity index (χ2n) is 2.75. The van der Waals surface area contributed by atoms with E-state index in [1.54, 1.807) is 4.57 Å². The van der Waals surface area contributed by atoms with E-state index in [1.165, 1.54) is 0 Å². The molecule has 0 atom stereocenters. The molecule has 0 aliphatic carbocycles. The third kappa shape index (κ3) is 2.15. The number of nitro groups is 1. The summed E-state index contributed by atoms with van der Waals surface area (Å²) in [6.07, 6.45) is 0.566. The topological polar surface area (TPSA) is 84.8 Å². The predicted molar refractivity (Wildman–Crippen MR) is 56.8 cm³/mol. The third-order valence-corrected chi connectivity index (χ3v) is 2.34. The fourth-order valence-electron chi connectivity index (χ4n) is 1.34. The van der Waals surface area contributed by atoms with Gasteiger partial charge in [-0.05, 0) is 16.8 Å². The Bertz CT molecular complexity index is 421. The standard InChI is InChI=1S/C8H9BrN4O2/c1-2-12-6(5-10)8(13(14)15)11-7(12)3-4-9/h2-4H2,1H3. The molecule has 1 rings (SSSR count). The number of hydrogen-bond donors (Lipinski definition) is 0. The molecule has 1 heterocycles. The van der Waals surface area contributed by atoms with Crippen molar-refractivity contribution in [3.05, 3.63) is 21.6 Å². The van der Waals surface area contributed by atoms with E-state index in [0.717, 1.165) is 0 Å². The third-order valence-electron chi connectivity index (χ3n) is 1.94. The van der Waals surface area contributed by atoms with Crippen molar-refractivity contribution in [2.45, 2.75) is 19.9 Å². The van der Waals surface area contributed by atoms with Crippen molar-refractivity contribution in [2.75, 3.05) is 5.33 Å². The van der Waals surface area contributed by atoms with Crippen molar-refractivity contribution >= 4 is 21.7 Å². The zero-order valence-electron chi connectivity index (χ0n) is 8.10. The fraction of sp³-hybridized carbons (Fsp3) is 0.500. The average molecular weight is 273 g/mol. The summed E-state index contributed by atoms with van der Waals surface area (Å²) in [5.41, 5.74) is 0.0263. The van der Waals surface area contributed by atoms with Gasteiger partial charge in [-0.1, -0.05) is 15.9 Å². The van der Waals surface area contributed by atoms with Crippen molar-refractivity contribution in [3.63, 3.8) is 0 Å². The zero-order valence-corrected chi connectivity index (χ0v) is 9.69. The van der Waals surface area contributed by atoms with E-state index in [4.69, 9.17) is 5.26 Å². The maximum Gasteiger partial charge on any atom is 0.400 e. The number of aromatic nitrogens is 2. The fourth-order valence-corrected chi connectivity index (χ4v) is 1.69. The predicted octanol–water partition coefficient (Wildman–Crippen LogP) is 1.62. The Morgan fingerprint density at radius 1 is 1.73 bits per heavy atom. The summed E-state index contributed by atoms with van der Waals surface area (Å²) in [6.45, 7) is 2.33. The van der Waals surface area contributed by atoms with Crippen LogP contribution in [0.15, 0.2) is 0 Å². The molecule has 0 aliphatic heterocycles. The second-order valence-corrected chi connectivity index (χ2v) is 3.55. The molecular weight excluding hydrogens is 264 g/mol. The van der Waals surface area contributed by atoms with Crippen molar-refractivity contribution in [1.82, 2.24) is 9.55 Å². The highest BCUT2D eigenvalue weighted by molar-refractivity contribution is 9.09. The molecule has 1 aromatic heterocycles. The lowest BCUT2D eigenvalue weighted by Crippen LogP contribution is -2.04. The minimum atomic E-state index is -0.623. The van der Waals surface area contributed by atoms with E-state index in [2.05, 4.69) is 20.9 Å². The highest BCUT2D eigenvalue weighted by atomic mass is 79.9. The maximum absolute atomic E-state index is 10.6. The van der Waals surface area contributed by atoms with Crippen molar-refractivity contribution in [3.8, 4) is 6.07 Å². The van der Waals surface area contributed by atoms with E-state index in [-0.39, 0.29) is 11.5 Å². The van der Waals surface area contributed by atoms with Crippen LogP contribution >= 0.6 is 15.9 Å². The molecule has 0 fully saturated rings. The van der Waals surface area contributed by atoms with Gasteiger partial charge in [0.2, 0.25) is 11.5 Å². The summed E-state index contributed by atoms with van der Waals surface area (Å²) in [5.74, 6) is 0.216. The number of hydrogen-bond acceptors (Lipinski definition) is 4. The lowest BCUT2D eigenvalue weighted by atomic mass is 10.4. The largest absolute Gasteiger partial charge is 0.400 e. The summed E-state index contributed by atoms with van der Waals surface area (Å²) in [6, 6.07) is 1.82. The second kappa shape index (κ2) is 4.89. The number of imidazole rings is 1. The van der Waals surface area contributed by atoms with Crippen molar-refractivity contribution < 1.29 is 4.92 Å². The van der Waals surface area contributed by atoms with Crippen LogP contribution in [-0.2, 0) is 13.0 Å². The molecule has 6 nitrogen and oxygen atoms in total. The molecule has 0 saturated carbocycles. The molecule has 0 amide bonds. The quantitative estimate of drug-likeness (QED) is 0.474. The zero-order chi connectivity index (χ0) is 11.4. The summed E-state index contributed by atoms with van der Waals surface area (Å²) in [4.78, 5) is 13.9. The van der Waals surface area contributed by atoms with Crippen LogP contribution in [0.1, 0.15) is 18.4 Å². The monoisotopic (exact) mass is 272 g/mol. The van der Waals surface area contributed by atoms with E-state index in [1.807, 2.05) is 13.0 Å². The lowest BCUT2D eigenvalue weighted by molar-refractivity contribution is -0.389. The van der Waals surface area contributed by atoms with Gasteiger partial charge in [0.15, 0.2) is 0 Å². The number of rotatable bonds is 4. The van der Waals surface area contributed by atoms with Gasteiger partial charge in [-0.3, -0.25) is 4.57 Å². The SMILES string of the molecule is CCn1c(CCBr)nc([N+](=O)[O-])c1C#N. The number of nitriles is 1. The van der Waals surface area contributed by atoms with Crippen LogP contribution in [0.2, 0.25) is 0 Å². The van der Waals surface area contributed by atoms with Crippen LogP contribution in [0.4, 0.5) is 5.82 Å². The van der Waals surface area contributed by atoms with Crippen LogP contribution in [0.3, 0.4) is 0 Å². The molecule has 0 aromatic carbocycles. The Labute approximate surface area is 94.8 Å². The van der Waals surface area contributed by atoms with Gasteiger partial charge in [-0.2, -0.15) is 5.26 Å². The van der Waals surface area contributed by atoms with Gasteiger partial charge in [-0.25, -0.2) is 0 Å². The summed E-state index contributed by atoms with van der Waals surface area (Å²) in [7, 11) is 0. The smallest absolute Gasteiger partial charge is 0.358 e. The van der Waals surface area contributed by atoms with Crippen LogP contribution in [-0.4, -0.2) is 19.8 Å². The van der Waals surface area contributed by atoms with Gasteiger partial charge in [0.1, 0.15) is 6.07 Å². The van der Waals surface area contributed by atoms with Crippen molar-refractivity contribution in [1.29, 1.82) is 5.26 Å². The van der Waals surface area contributed by atoms with Crippen LogP contribution in [0.5, 0.6) is 0 Å². The van der Waals surface area contributed by atoms with E-state index >= 15 is 0 Å². The lowest BCUT2D eigenvalue weighted by Gasteiger charge is -1.98. The Morgan fingerprint density at radius 3 is 2.80 bits per heavy atom. The van der Waals surface area contributed by atoms with E-state index < -0.39 is 4.92 Å². The number of nitrogens with zero attached hydrogens (tertiary/aromatic N) is 4. The maximum atomic E-state index is 10.6. The Balaban J connectivity index is 3.32. The van der Waals surface area contributed by atoms with Gasteiger partial charge in [0.05, 0.1) is 0 Å². The van der Waals surface area contributed by atoms with Gasteiger partial charge < -0.3 is 10.1 Å². The molecular formula is C8H9BrN4O2. The molecule has 0 radical (unpaired) electrons. The summed E-state index contributed by atoms with van der Waals surface area (Å²) < 4.78 is 1.57. The Hall–Kier alpha value is -1.42. The minimum Gasteiger partial charge on any atom is -0.358 e. The molecule has 0 saturated heterocycles. The van der Waals surface area contributed by atoms with Gasteiger partial charge in [0, 0.05) is 18.3 Å². The number of halogens is 1. The van der Waals surface area contributed by atoms with Gasteiger partial charge >= 0.3 is 5.82 Å². The molecule has 0 unspecified atom stereocenters. The molecule has 7 heteroatoms. The first-order valence-electron chi connectivity index (χ1n) is 4.35. The molecule has 0 bridgehead atoms. The van der Waals surface area contributed by atoms with E-state index in [0.29, 0.717) is 24.1 Å². The van der Waals surface area contributed by atoms with E-state index in [9.17, 15) is 10.1 Å².